The van der Waals surface area contributed by atoms with Crippen molar-refractivity contribution in [3.63, 3.8) is 0 Å². The highest BCUT2D eigenvalue weighted by Crippen LogP contribution is 2.28. The summed E-state index contributed by atoms with van der Waals surface area (Å²) in [4.78, 5) is 14.0. The highest BCUT2D eigenvalue weighted by molar-refractivity contribution is 5.46. The molecular weight excluding hydrogens is 265 g/mol. The molecule has 0 aliphatic rings. The molecule has 100 valence electrons. The molecule has 1 aromatic heterocycles. The fourth-order valence-electron chi connectivity index (χ4n) is 1.57. The lowest BCUT2D eigenvalue weighted by atomic mass is 10.2. The molecule has 1 aromatic carbocycles. The third kappa shape index (κ3) is 2.87. The van der Waals surface area contributed by atoms with Crippen molar-refractivity contribution in [2.24, 2.45) is 0 Å². The van der Waals surface area contributed by atoms with Crippen molar-refractivity contribution in [3.05, 3.63) is 63.7 Å². The van der Waals surface area contributed by atoms with E-state index in [1.807, 2.05) is 6.07 Å². The Morgan fingerprint density at radius 2 is 2.25 bits per heavy atom. The van der Waals surface area contributed by atoms with Gasteiger partial charge in [-0.05, 0) is 12.1 Å². The lowest BCUT2D eigenvalue weighted by Gasteiger charge is -2.07. The molecule has 0 aliphatic carbocycles. The number of nitro benzene ring substituents is 1. The highest BCUT2D eigenvalue weighted by Gasteiger charge is 2.16. The lowest BCUT2D eigenvalue weighted by molar-refractivity contribution is -0.386. The monoisotopic (exact) mass is 273 g/mol. The Balaban J connectivity index is 2.25. The van der Waals surface area contributed by atoms with Crippen LogP contribution in [0, 0.1) is 27.3 Å². The molecule has 20 heavy (non-hydrogen) atoms. The average molecular weight is 273 g/mol. The maximum Gasteiger partial charge on any atom is 0.311 e. The fourth-order valence-corrected chi connectivity index (χ4v) is 1.57. The van der Waals surface area contributed by atoms with E-state index < -0.39 is 10.7 Å². The van der Waals surface area contributed by atoms with Crippen LogP contribution < -0.4 is 4.74 Å². The molecule has 0 N–H and O–H groups in total. The minimum atomic E-state index is -0.663. The standard InChI is InChI=1S/C13H8FN3O3/c14-10-3-4-12(17(18)19)13(6-10)20-8-9-2-1-5-16-11(9)7-15/h1-6H,8H2. The van der Waals surface area contributed by atoms with Crippen molar-refractivity contribution in [1.29, 1.82) is 5.26 Å². The first-order valence-electron chi connectivity index (χ1n) is 5.52. The first kappa shape index (κ1) is 13.4. The Morgan fingerprint density at radius 3 is 2.95 bits per heavy atom. The van der Waals surface area contributed by atoms with Gasteiger partial charge in [-0.2, -0.15) is 5.26 Å². The number of nitrogens with zero attached hydrogens (tertiary/aromatic N) is 3. The van der Waals surface area contributed by atoms with Crippen LogP contribution in [-0.4, -0.2) is 9.91 Å². The molecule has 2 rings (SSSR count). The van der Waals surface area contributed by atoms with Gasteiger partial charge >= 0.3 is 5.69 Å². The van der Waals surface area contributed by atoms with Crippen molar-refractivity contribution in [2.75, 3.05) is 0 Å². The van der Waals surface area contributed by atoms with Crippen LogP contribution in [-0.2, 0) is 6.61 Å². The van der Waals surface area contributed by atoms with E-state index >= 15 is 0 Å². The van der Waals surface area contributed by atoms with Gasteiger partial charge < -0.3 is 4.74 Å². The van der Waals surface area contributed by atoms with Gasteiger partial charge in [-0.15, -0.1) is 0 Å². The largest absolute Gasteiger partial charge is 0.482 e. The number of rotatable bonds is 4. The van der Waals surface area contributed by atoms with Crippen LogP contribution in [0.4, 0.5) is 10.1 Å². The van der Waals surface area contributed by atoms with E-state index in [2.05, 4.69) is 4.98 Å². The number of ether oxygens (including phenoxy) is 1. The minimum Gasteiger partial charge on any atom is -0.482 e. The van der Waals surface area contributed by atoms with E-state index in [0.29, 0.717) is 5.56 Å². The van der Waals surface area contributed by atoms with Crippen LogP contribution in [0.3, 0.4) is 0 Å². The maximum absolute atomic E-state index is 13.1. The summed E-state index contributed by atoms with van der Waals surface area (Å²) in [5.41, 5.74) is 0.286. The van der Waals surface area contributed by atoms with Crippen molar-refractivity contribution < 1.29 is 14.1 Å². The summed E-state index contributed by atoms with van der Waals surface area (Å²) in [5.74, 6) is -0.833. The maximum atomic E-state index is 13.1. The van der Waals surface area contributed by atoms with Crippen LogP contribution >= 0.6 is 0 Å². The summed E-state index contributed by atoms with van der Waals surface area (Å²) >= 11 is 0. The second kappa shape index (κ2) is 5.75. The Morgan fingerprint density at radius 1 is 1.45 bits per heavy atom. The SMILES string of the molecule is N#Cc1ncccc1COc1cc(F)ccc1[N+](=O)[O-]. The Hall–Kier alpha value is -3.01. The van der Waals surface area contributed by atoms with Gasteiger partial charge in [-0.1, -0.05) is 6.07 Å². The average Bonchev–Trinajstić information content (AvgIpc) is 2.45. The molecule has 0 bridgehead atoms. The fraction of sp³-hybridized carbons (Fsp3) is 0.0769. The third-order valence-electron chi connectivity index (χ3n) is 2.50. The van der Waals surface area contributed by atoms with Crippen LogP contribution in [0.1, 0.15) is 11.3 Å². The molecule has 0 spiro atoms. The molecule has 2 aromatic rings. The van der Waals surface area contributed by atoms with Gasteiger partial charge in [-0.25, -0.2) is 9.37 Å². The molecule has 0 unspecified atom stereocenters. The van der Waals surface area contributed by atoms with Gasteiger partial charge in [0.2, 0.25) is 0 Å². The first-order chi connectivity index (χ1) is 9.61. The number of halogens is 1. The number of nitro groups is 1. The first-order valence-corrected chi connectivity index (χ1v) is 5.52. The second-order valence-corrected chi connectivity index (χ2v) is 3.78. The zero-order valence-corrected chi connectivity index (χ0v) is 10.1. The van der Waals surface area contributed by atoms with Gasteiger partial charge in [0, 0.05) is 23.9 Å². The van der Waals surface area contributed by atoms with Crippen LogP contribution in [0.15, 0.2) is 36.5 Å². The number of nitriles is 1. The van der Waals surface area contributed by atoms with E-state index in [-0.39, 0.29) is 23.7 Å². The van der Waals surface area contributed by atoms with Gasteiger partial charge in [0.25, 0.3) is 0 Å². The van der Waals surface area contributed by atoms with Crippen molar-refractivity contribution >= 4 is 5.69 Å². The predicted molar refractivity (Wildman–Crippen MR) is 66.3 cm³/mol. The second-order valence-electron chi connectivity index (χ2n) is 3.78. The molecule has 0 fully saturated rings. The van der Waals surface area contributed by atoms with Crippen LogP contribution in [0.5, 0.6) is 5.75 Å². The van der Waals surface area contributed by atoms with Gasteiger partial charge in [-0.3, -0.25) is 10.1 Å². The number of hydrogen-bond donors (Lipinski definition) is 0. The summed E-state index contributed by atoms with van der Waals surface area (Å²) in [6.07, 6.45) is 1.45. The molecule has 0 aliphatic heterocycles. The molecule has 6 nitrogen and oxygen atoms in total. The van der Waals surface area contributed by atoms with Gasteiger partial charge in [0.05, 0.1) is 4.92 Å². The third-order valence-corrected chi connectivity index (χ3v) is 2.50. The summed E-state index contributed by atoms with van der Waals surface area (Å²) in [6, 6.07) is 8.04. The highest BCUT2D eigenvalue weighted by atomic mass is 19.1. The van der Waals surface area contributed by atoms with Crippen molar-refractivity contribution in [3.8, 4) is 11.8 Å². The molecule has 7 heteroatoms. The van der Waals surface area contributed by atoms with E-state index in [9.17, 15) is 14.5 Å². The molecule has 0 saturated heterocycles. The van der Waals surface area contributed by atoms with Crippen LogP contribution in [0.2, 0.25) is 0 Å². The van der Waals surface area contributed by atoms with Crippen molar-refractivity contribution in [1.82, 2.24) is 4.98 Å². The summed E-state index contributed by atoms with van der Waals surface area (Å²) in [7, 11) is 0. The molecule has 0 saturated carbocycles. The molecule has 1 heterocycles. The van der Waals surface area contributed by atoms with E-state index in [1.54, 1.807) is 12.1 Å². The molecule has 0 atom stereocenters. The summed E-state index contributed by atoms with van der Waals surface area (Å²) < 4.78 is 18.3. The molecule has 0 radical (unpaired) electrons. The van der Waals surface area contributed by atoms with E-state index in [0.717, 1.165) is 18.2 Å². The topological polar surface area (TPSA) is 89.0 Å². The Labute approximate surface area is 113 Å². The van der Waals surface area contributed by atoms with E-state index in [1.165, 1.54) is 6.20 Å². The smallest absolute Gasteiger partial charge is 0.311 e. The summed E-state index contributed by atoms with van der Waals surface area (Å²) in [5, 5.41) is 19.7. The summed E-state index contributed by atoms with van der Waals surface area (Å²) in [6.45, 7) is -0.110. The van der Waals surface area contributed by atoms with E-state index in [4.69, 9.17) is 10.00 Å². The van der Waals surface area contributed by atoms with Gasteiger partial charge in [0.1, 0.15) is 24.2 Å². The molecular formula is C13H8FN3O3. The number of pyridine rings is 1. The number of aromatic nitrogens is 1. The number of benzene rings is 1. The zero-order chi connectivity index (χ0) is 14.5. The molecule has 0 amide bonds. The van der Waals surface area contributed by atoms with Crippen molar-refractivity contribution in [2.45, 2.75) is 6.61 Å². The predicted octanol–water partition coefficient (Wildman–Crippen LogP) is 2.58. The number of hydrogen-bond acceptors (Lipinski definition) is 5. The quantitative estimate of drug-likeness (QED) is 0.630. The lowest BCUT2D eigenvalue weighted by Crippen LogP contribution is -2.02. The van der Waals surface area contributed by atoms with Crippen LogP contribution in [0.25, 0.3) is 0 Å². The Bertz CT molecular complexity index is 698. The zero-order valence-electron chi connectivity index (χ0n) is 10.1. The normalized spacial score (nSPS) is 9.80. The van der Waals surface area contributed by atoms with Gasteiger partial charge in [0.15, 0.2) is 5.75 Å². The minimum absolute atomic E-state index is 0.110. The Kier molecular flexibility index (Phi) is 3.86.